The fraction of sp³-hybridized carbons (Fsp3) is 0.0455. The van der Waals surface area contributed by atoms with Gasteiger partial charge in [0.05, 0.1) is 6.26 Å². The first-order valence-corrected chi connectivity index (χ1v) is 8.84. The van der Waals surface area contributed by atoms with Crippen molar-refractivity contribution < 1.29 is 8.83 Å². The van der Waals surface area contributed by atoms with Crippen LogP contribution in [0.25, 0.3) is 34.2 Å². The number of aromatic nitrogens is 3. The van der Waals surface area contributed by atoms with E-state index in [0.29, 0.717) is 29.3 Å². The fourth-order valence-corrected chi connectivity index (χ4v) is 3.21. The molecule has 0 saturated carbocycles. The number of nitrogens with zero attached hydrogens (tertiary/aromatic N) is 3. The molecule has 3 heterocycles. The summed E-state index contributed by atoms with van der Waals surface area (Å²) in [5.41, 5.74) is 2.11. The highest BCUT2D eigenvalue weighted by Crippen LogP contribution is 2.25. The van der Waals surface area contributed by atoms with Gasteiger partial charge in [-0.25, -0.2) is 9.78 Å². The Morgan fingerprint density at radius 1 is 0.857 bits per heavy atom. The molecule has 0 amide bonds. The Kier molecular flexibility index (Phi) is 3.87. The van der Waals surface area contributed by atoms with E-state index in [1.807, 2.05) is 65.2 Å². The Morgan fingerprint density at radius 3 is 2.32 bits per heavy atom. The summed E-state index contributed by atoms with van der Waals surface area (Å²) in [6, 6.07) is 23.0. The summed E-state index contributed by atoms with van der Waals surface area (Å²) in [6.45, 7) is 0.480. The molecule has 3 aromatic heterocycles. The van der Waals surface area contributed by atoms with Gasteiger partial charge in [0.1, 0.15) is 5.82 Å². The molecule has 0 unspecified atom stereocenters. The van der Waals surface area contributed by atoms with Crippen LogP contribution in [0.3, 0.4) is 0 Å². The third-order valence-corrected chi connectivity index (χ3v) is 4.49. The van der Waals surface area contributed by atoms with Crippen LogP contribution in [-0.2, 0) is 6.54 Å². The van der Waals surface area contributed by atoms with Crippen molar-refractivity contribution >= 4 is 11.2 Å². The van der Waals surface area contributed by atoms with E-state index in [1.165, 1.54) is 6.26 Å². The molecular weight excluding hydrogens is 354 g/mol. The molecule has 5 aromatic rings. The van der Waals surface area contributed by atoms with Gasteiger partial charge < -0.3 is 13.4 Å². The second-order valence-corrected chi connectivity index (χ2v) is 6.33. The fourth-order valence-electron chi connectivity index (χ4n) is 3.21. The minimum absolute atomic E-state index is 0.117. The van der Waals surface area contributed by atoms with Crippen LogP contribution in [0.5, 0.6) is 0 Å². The third kappa shape index (κ3) is 2.81. The molecule has 0 fully saturated rings. The van der Waals surface area contributed by atoms with Crippen molar-refractivity contribution in [3.63, 3.8) is 0 Å². The number of benzene rings is 2. The lowest BCUT2D eigenvalue weighted by Gasteiger charge is -2.08. The summed E-state index contributed by atoms with van der Waals surface area (Å²) in [5, 5.41) is 0. The van der Waals surface area contributed by atoms with Gasteiger partial charge in [0, 0.05) is 12.1 Å². The van der Waals surface area contributed by atoms with E-state index in [1.54, 1.807) is 12.1 Å². The topological polar surface area (TPSA) is 74.1 Å². The molecule has 0 radical (unpaired) electrons. The number of hydrogen-bond donors (Lipinski definition) is 0. The Balaban J connectivity index is 1.76. The highest BCUT2D eigenvalue weighted by molar-refractivity contribution is 5.77. The van der Waals surface area contributed by atoms with Gasteiger partial charge in [-0.2, -0.15) is 4.98 Å². The number of hydrogen-bond acceptors (Lipinski definition) is 5. The molecule has 0 saturated heterocycles. The van der Waals surface area contributed by atoms with E-state index in [4.69, 9.17) is 8.83 Å². The van der Waals surface area contributed by atoms with Crippen molar-refractivity contribution in [3.8, 4) is 23.0 Å². The Bertz CT molecular complexity index is 1290. The van der Waals surface area contributed by atoms with Crippen LogP contribution in [0.2, 0.25) is 0 Å². The molecule has 0 bridgehead atoms. The normalized spacial score (nSPS) is 11.1. The van der Waals surface area contributed by atoms with Crippen LogP contribution in [0.4, 0.5) is 0 Å². The van der Waals surface area contributed by atoms with Gasteiger partial charge in [-0.1, -0.05) is 60.7 Å². The lowest BCUT2D eigenvalue weighted by molar-refractivity contribution is 0.479. The highest BCUT2D eigenvalue weighted by atomic mass is 16.4. The first-order valence-electron chi connectivity index (χ1n) is 8.84. The van der Waals surface area contributed by atoms with Crippen molar-refractivity contribution in [1.29, 1.82) is 0 Å². The lowest BCUT2D eigenvalue weighted by atomic mass is 10.2. The predicted octanol–water partition coefficient (Wildman–Crippen LogP) is 4.36. The minimum atomic E-state index is -0.498. The minimum Gasteiger partial charge on any atom is -0.459 e. The van der Waals surface area contributed by atoms with Crippen LogP contribution in [0.15, 0.2) is 92.7 Å². The summed E-state index contributed by atoms with van der Waals surface area (Å²) < 4.78 is 12.6. The maximum absolute atomic E-state index is 12.8. The molecule has 0 atom stereocenters. The second kappa shape index (κ2) is 6.66. The largest absolute Gasteiger partial charge is 0.459 e. The summed E-state index contributed by atoms with van der Waals surface area (Å²) >= 11 is 0. The van der Waals surface area contributed by atoms with E-state index in [2.05, 4.69) is 9.97 Å². The van der Waals surface area contributed by atoms with Crippen molar-refractivity contribution in [1.82, 2.24) is 14.5 Å². The summed E-state index contributed by atoms with van der Waals surface area (Å²) in [6.07, 6.45) is 1.50. The monoisotopic (exact) mass is 369 g/mol. The molecular formula is C22H15N3O3. The summed E-state index contributed by atoms with van der Waals surface area (Å²) in [4.78, 5) is 21.9. The standard InChI is InChI=1S/C22H15N3O3/c26-22-18-19(24-21(28-22)17-12-7-13-27-17)23-20(16-10-5-2-6-11-16)25(18)14-15-8-3-1-4-9-15/h1-13H,14H2. The summed E-state index contributed by atoms with van der Waals surface area (Å²) in [5.74, 6) is 1.17. The Labute approximate surface area is 159 Å². The molecule has 0 aliphatic rings. The SMILES string of the molecule is O=c1oc(-c2ccco2)nc2nc(-c3ccccc3)n(Cc3ccccc3)c12. The Morgan fingerprint density at radius 2 is 1.61 bits per heavy atom. The van der Waals surface area contributed by atoms with E-state index in [0.717, 1.165) is 11.1 Å². The molecule has 28 heavy (non-hydrogen) atoms. The zero-order valence-electron chi connectivity index (χ0n) is 14.8. The molecule has 2 aromatic carbocycles. The van der Waals surface area contributed by atoms with E-state index >= 15 is 0 Å². The average molecular weight is 369 g/mol. The smallest absolute Gasteiger partial charge is 0.365 e. The highest BCUT2D eigenvalue weighted by Gasteiger charge is 2.20. The summed E-state index contributed by atoms with van der Waals surface area (Å²) in [7, 11) is 0. The maximum atomic E-state index is 12.8. The van der Waals surface area contributed by atoms with Gasteiger partial charge in [-0.3, -0.25) is 0 Å². The van der Waals surface area contributed by atoms with E-state index in [-0.39, 0.29) is 5.89 Å². The van der Waals surface area contributed by atoms with E-state index < -0.39 is 5.63 Å². The van der Waals surface area contributed by atoms with Gasteiger partial charge >= 0.3 is 5.63 Å². The van der Waals surface area contributed by atoms with Gasteiger partial charge in [0.25, 0.3) is 5.89 Å². The number of fused-ring (bicyclic) bond motifs is 1. The van der Waals surface area contributed by atoms with Crippen LogP contribution in [0, 0.1) is 0 Å². The molecule has 136 valence electrons. The van der Waals surface area contributed by atoms with Crippen molar-refractivity contribution in [2.24, 2.45) is 0 Å². The number of rotatable bonds is 4. The number of furan rings is 1. The van der Waals surface area contributed by atoms with Gasteiger partial charge in [-0.15, -0.1) is 0 Å². The van der Waals surface area contributed by atoms with Crippen molar-refractivity contribution in [2.45, 2.75) is 6.54 Å². The number of imidazole rings is 1. The van der Waals surface area contributed by atoms with Crippen LogP contribution >= 0.6 is 0 Å². The van der Waals surface area contributed by atoms with Crippen LogP contribution < -0.4 is 5.63 Å². The molecule has 6 nitrogen and oxygen atoms in total. The molecule has 0 aliphatic heterocycles. The predicted molar refractivity (Wildman–Crippen MR) is 105 cm³/mol. The van der Waals surface area contributed by atoms with Crippen molar-refractivity contribution in [3.05, 3.63) is 95.0 Å². The van der Waals surface area contributed by atoms with Crippen LogP contribution in [-0.4, -0.2) is 14.5 Å². The zero-order valence-corrected chi connectivity index (χ0v) is 14.8. The van der Waals surface area contributed by atoms with Gasteiger partial charge in [-0.05, 0) is 17.7 Å². The zero-order chi connectivity index (χ0) is 18.9. The molecule has 0 aliphatic carbocycles. The third-order valence-electron chi connectivity index (χ3n) is 4.49. The maximum Gasteiger partial charge on any atom is 0.365 e. The average Bonchev–Trinajstić information content (AvgIpc) is 3.38. The van der Waals surface area contributed by atoms with Gasteiger partial charge in [0.15, 0.2) is 16.9 Å². The first-order chi connectivity index (χ1) is 13.8. The molecule has 0 spiro atoms. The molecule has 6 heteroatoms. The molecule has 5 rings (SSSR count). The van der Waals surface area contributed by atoms with Crippen molar-refractivity contribution in [2.75, 3.05) is 0 Å². The second-order valence-electron chi connectivity index (χ2n) is 6.33. The van der Waals surface area contributed by atoms with Gasteiger partial charge in [0.2, 0.25) is 0 Å². The van der Waals surface area contributed by atoms with Crippen LogP contribution in [0.1, 0.15) is 5.56 Å². The Hall–Kier alpha value is -3.93. The quantitative estimate of drug-likeness (QED) is 0.471. The van der Waals surface area contributed by atoms with E-state index in [9.17, 15) is 4.79 Å². The first kappa shape index (κ1) is 16.3. The molecule has 0 N–H and O–H groups in total. The lowest BCUT2D eigenvalue weighted by Crippen LogP contribution is -2.10.